The van der Waals surface area contributed by atoms with E-state index in [2.05, 4.69) is 26.9 Å². The maximum atomic E-state index is 12.2. The summed E-state index contributed by atoms with van der Waals surface area (Å²) in [5.41, 5.74) is 0.910. The predicted octanol–water partition coefficient (Wildman–Crippen LogP) is 1.49. The molecule has 21 heavy (non-hydrogen) atoms. The van der Waals surface area contributed by atoms with Crippen LogP contribution >= 0.6 is 11.3 Å². The lowest BCUT2D eigenvalue weighted by Crippen LogP contribution is -2.25. The molecule has 0 radical (unpaired) electrons. The summed E-state index contributed by atoms with van der Waals surface area (Å²) in [5, 5.41) is 4.94. The van der Waals surface area contributed by atoms with Crippen molar-refractivity contribution >= 4 is 21.4 Å². The van der Waals surface area contributed by atoms with Gasteiger partial charge in [0.25, 0.3) is 0 Å². The van der Waals surface area contributed by atoms with E-state index < -0.39 is 10.0 Å². The number of nitrogens with zero attached hydrogens (tertiary/aromatic N) is 1. The van der Waals surface area contributed by atoms with Crippen molar-refractivity contribution in [2.45, 2.75) is 31.2 Å². The molecule has 0 aliphatic heterocycles. The van der Waals surface area contributed by atoms with Gasteiger partial charge in [0.2, 0.25) is 10.0 Å². The first-order valence-electron chi connectivity index (χ1n) is 6.87. The average Bonchev–Trinajstić information content (AvgIpc) is 3.10. The maximum absolute atomic E-state index is 12.2. The summed E-state index contributed by atoms with van der Waals surface area (Å²) in [7, 11) is -3.42. The Morgan fingerprint density at radius 1 is 1.38 bits per heavy atom. The van der Waals surface area contributed by atoms with Gasteiger partial charge >= 0.3 is 0 Å². The summed E-state index contributed by atoms with van der Waals surface area (Å²) < 4.78 is 26.9. The second-order valence-corrected chi connectivity index (χ2v) is 7.41. The molecule has 0 aliphatic carbocycles. The van der Waals surface area contributed by atoms with Crippen molar-refractivity contribution in [1.82, 2.24) is 20.0 Å². The monoisotopic (exact) mass is 328 g/mol. The molecule has 0 bridgehead atoms. The highest BCUT2D eigenvalue weighted by Crippen LogP contribution is 2.19. The molecular formula is C13H20N4O2S2. The summed E-state index contributed by atoms with van der Waals surface area (Å²) in [6.07, 6.45) is 4.93. The van der Waals surface area contributed by atoms with E-state index in [1.54, 1.807) is 24.0 Å². The van der Waals surface area contributed by atoms with E-state index in [1.807, 2.05) is 0 Å². The Labute approximate surface area is 129 Å². The minimum atomic E-state index is -3.42. The van der Waals surface area contributed by atoms with Crippen LogP contribution < -0.4 is 10.0 Å². The van der Waals surface area contributed by atoms with Gasteiger partial charge in [-0.25, -0.2) is 18.1 Å². The Kier molecular flexibility index (Phi) is 5.92. The van der Waals surface area contributed by atoms with Gasteiger partial charge in [-0.2, -0.15) is 0 Å². The van der Waals surface area contributed by atoms with Gasteiger partial charge in [0, 0.05) is 41.7 Å². The smallest absolute Gasteiger partial charge is 0.241 e. The lowest BCUT2D eigenvalue weighted by molar-refractivity contribution is 0.581. The van der Waals surface area contributed by atoms with Crippen LogP contribution in [0.5, 0.6) is 0 Å². The molecule has 0 atom stereocenters. The fraction of sp³-hybridized carbons (Fsp3) is 0.462. The van der Waals surface area contributed by atoms with E-state index >= 15 is 0 Å². The Bertz CT molecular complexity index is 635. The second kappa shape index (κ2) is 7.69. The van der Waals surface area contributed by atoms with Crippen molar-refractivity contribution in [2.24, 2.45) is 0 Å². The zero-order valence-corrected chi connectivity index (χ0v) is 13.6. The van der Waals surface area contributed by atoms with Gasteiger partial charge in [-0.15, -0.1) is 11.3 Å². The van der Waals surface area contributed by atoms with Gasteiger partial charge in [0.15, 0.2) is 0 Å². The largest absolute Gasteiger partial charge is 0.348 e. The van der Waals surface area contributed by atoms with Gasteiger partial charge in [0.05, 0.1) is 11.2 Å². The van der Waals surface area contributed by atoms with Crippen LogP contribution in [0.25, 0.3) is 0 Å². The molecule has 3 N–H and O–H groups in total. The summed E-state index contributed by atoms with van der Waals surface area (Å²) >= 11 is 1.46. The van der Waals surface area contributed by atoms with Gasteiger partial charge in [-0.05, 0) is 19.0 Å². The van der Waals surface area contributed by atoms with Crippen molar-refractivity contribution in [3.8, 4) is 0 Å². The van der Waals surface area contributed by atoms with Crippen LogP contribution in [0.3, 0.4) is 0 Å². The van der Waals surface area contributed by atoms with E-state index in [4.69, 9.17) is 0 Å². The number of imidazole rings is 1. The summed E-state index contributed by atoms with van der Waals surface area (Å²) in [6, 6.07) is 1.73. The molecule has 6 nitrogen and oxygen atoms in total. The normalized spacial score (nSPS) is 11.9. The van der Waals surface area contributed by atoms with Crippen molar-refractivity contribution in [3.63, 3.8) is 0 Å². The lowest BCUT2D eigenvalue weighted by atomic mass is 10.3. The summed E-state index contributed by atoms with van der Waals surface area (Å²) in [4.78, 5) is 8.20. The third-order valence-corrected chi connectivity index (χ3v) is 5.43. The van der Waals surface area contributed by atoms with Crippen LogP contribution in [-0.2, 0) is 23.0 Å². The molecule has 2 aromatic heterocycles. The first-order chi connectivity index (χ1) is 10.1. The number of aromatic amines is 1. The predicted molar refractivity (Wildman–Crippen MR) is 83.8 cm³/mol. The Hall–Kier alpha value is -1.22. The molecule has 0 spiro atoms. The minimum Gasteiger partial charge on any atom is -0.348 e. The third kappa shape index (κ3) is 4.92. The van der Waals surface area contributed by atoms with E-state index in [0.717, 1.165) is 23.5 Å². The standard InChI is InChI=1S/C13H20N4O2S2/c1-2-4-14-8-12-6-13(9-20-12)21(18,19)17-5-3-11-7-15-10-16-11/h6-7,9-10,14,17H,2-5,8H2,1H3,(H,15,16). The van der Waals surface area contributed by atoms with Crippen molar-refractivity contribution in [3.05, 3.63) is 34.5 Å². The quantitative estimate of drug-likeness (QED) is 0.609. The number of hydrogen-bond acceptors (Lipinski definition) is 5. The molecule has 0 saturated carbocycles. The highest BCUT2D eigenvalue weighted by atomic mass is 32.2. The molecule has 2 heterocycles. The second-order valence-electron chi connectivity index (χ2n) is 4.65. The molecule has 0 saturated heterocycles. The van der Waals surface area contributed by atoms with Crippen LogP contribution in [0, 0.1) is 0 Å². The van der Waals surface area contributed by atoms with Gasteiger partial charge in [-0.3, -0.25) is 0 Å². The molecule has 0 aromatic carbocycles. The number of nitrogens with one attached hydrogen (secondary N) is 3. The van der Waals surface area contributed by atoms with Gasteiger partial charge < -0.3 is 10.3 Å². The topological polar surface area (TPSA) is 86.9 Å². The van der Waals surface area contributed by atoms with Crippen molar-refractivity contribution in [2.75, 3.05) is 13.1 Å². The number of sulfonamides is 1. The fourth-order valence-electron chi connectivity index (χ4n) is 1.81. The first kappa shape index (κ1) is 16.2. The summed E-state index contributed by atoms with van der Waals surface area (Å²) in [6.45, 7) is 4.09. The molecule has 8 heteroatoms. The fourth-order valence-corrected chi connectivity index (χ4v) is 4.08. The van der Waals surface area contributed by atoms with E-state index in [1.165, 1.54) is 11.3 Å². The SMILES string of the molecule is CCCNCc1cc(S(=O)(=O)NCCc2cnc[nH]2)cs1. The zero-order valence-electron chi connectivity index (χ0n) is 11.9. The van der Waals surface area contributed by atoms with Crippen molar-refractivity contribution < 1.29 is 8.42 Å². The molecular weight excluding hydrogens is 308 g/mol. The Morgan fingerprint density at radius 3 is 2.95 bits per heavy atom. The Balaban J connectivity index is 1.86. The molecule has 0 aliphatic rings. The number of aromatic nitrogens is 2. The third-order valence-electron chi connectivity index (χ3n) is 2.91. The van der Waals surface area contributed by atoms with Crippen LogP contribution in [0.2, 0.25) is 0 Å². The molecule has 0 amide bonds. The maximum Gasteiger partial charge on any atom is 0.241 e. The van der Waals surface area contributed by atoms with Gasteiger partial charge in [-0.1, -0.05) is 6.92 Å². The highest BCUT2D eigenvalue weighted by Gasteiger charge is 2.15. The van der Waals surface area contributed by atoms with E-state index in [0.29, 0.717) is 24.4 Å². The average molecular weight is 328 g/mol. The number of rotatable bonds is 9. The molecule has 0 fully saturated rings. The van der Waals surface area contributed by atoms with Crippen LogP contribution in [0.1, 0.15) is 23.9 Å². The Morgan fingerprint density at radius 2 is 2.24 bits per heavy atom. The molecule has 2 rings (SSSR count). The number of hydrogen-bond donors (Lipinski definition) is 3. The van der Waals surface area contributed by atoms with Crippen LogP contribution in [0.15, 0.2) is 28.9 Å². The lowest BCUT2D eigenvalue weighted by Gasteiger charge is -2.03. The molecule has 0 unspecified atom stereocenters. The number of H-pyrrole nitrogens is 1. The number of thiophene rings is 1. The highest BCUT2D eigenvalue weighted by molar-refractivity contribution is 7.89. The summed E-state index contributed by atoms with van der Waals surface area (Å²) in [5.74, 6) is 0. The van der Waals surface area contributed by atoms with Gasteiger partial charge in [0.1, 0.15) is 0 Å². The van der Waals surface area contributed by atoms with Crippen LogP contribution in [-0.4, -0.2) is 31.5 Å². The minimum absolute atomic E-state index is 0.338. The molecule has 2 aromatic rings. The first-order valence-corrected chi connectivity index (χ1v) is 9.23. The van der Waals surface area contributed by atoms with Crippen molar-refractivity contribution in [1.29, 1.82) is 0 Å². The van der Waals surface area contributed by atoms with E-state index in [-0.39, 0.29) is 0 Å². The van der Waals surface area contributed by atoms with Crippen LogP contribution in [0.4, 0.5) is 0 Å². The molecule has 116 valence electrons. The van der Waals surface area contributed by atoms with E-state index in [9.17, 15) is 8.42 Å². The zero-order chi connectivity index (χ0) is 15.1.